The molecule has 0 spiro atoms. The molecule has 1 N–H and O–H groups in total. The van der Waals surface area contributed by atoms with E-state index in [9.17, 15) is 4.79 Å². The quantitative estimate of drug-likeness (QED) is 0.888. The monoisotopic (exact) mass is 337 g/mol. The number of aryl methyl sites for hydroxylation is 1. The van der Waals surface area contributed by atoms with E-state index in [1.54, 1.807) is 0 Å². The molecule has 1 aliphatic carbocycles. The van der Waals surface area contributed by atoms with Crippen molar-refractivity contribution in [2.45, 2.75) is 83.0 Å². The molecule has 2 fully saturated rings. The number of rotatable bonds is 5. The second kappa shape index (κ2) is 6.70. The molecule has 1 aromatic rings. The summed E-state index contributed by atoms with van der Waals surface area (Å²) in [6.07, 6.45) is 6.33. The van der Waals surface area contributed by atoms with E-state index in [-0.39, 0.29) is 0 Å². The van der Waals surface area contributed by atoms with Crippen LogP contribution in [0.4, 0.5) is 4.79 Å². The molecule has 3 rings (SSSR count). The molecule has 7 nitrogen and oxygen atoms in total. The van der Waals surface area contributed by atoms with Crippen LogP contribution in [0, 0.1) is 0 Å². The first-order valence-electron chi connectivity index (χ1n) is 8.82. The van der Waals surface area contributed by atoms with Crippen molar-refractivity contribution in [1.29, 1.82) is 0 Å². The second-order valence-corrected chi connectivity index (χ2v) is 7.75. The number of aromatic nitrogens is 2. The molecule has 1 aliphatic heterocycles. The van der Waals surface area contributed by atoms with Crippen LogP contribution >= 0.6 is 0 Å². The number of ether oxygens (including phenoxy) is 2. The lowest BCUT2D eigenvalue weighted by Crippen LogP contribution is -2.52. The van der Waals surface area contributed by atoms with Gasteiger partial charge >= 0.3 is 6.09 Å². The Labute approximate surface area is 142 Å². The molecule has 0 aromatic carbocycles. The Morgan fingerprint density at radius 2 is 2.17 bits per heavy atom. The number of hydrogen-bond acceptors (Lipinski definition) is 6. The Hall–Kier alpha value is -1.63. The largest absolute Gasteiger partial charge is 0.444 e. The number of hydrogen-bond donors (Lipinski definition) is 1. The highest BCUT2D eigenvalue weighted by molar-refractivity contribution is 5.69. The molecule has 0 bridgehead atoms. The smallest absolute Gasteiger partial charge is 0.408 e. The van der Waals surface area contributed by atoms with Gasteiger partial charge in [-0.05, 0) is 59.3 Å². The van der Waals surface area contributed by atoms with Gasteiger partial charge in [0.2, 0.25) is 5.89 Å². The van der Waals surface area contributed by atoms with Gasteiger partial charge in [0, 0.05) is 13.0 Å². The van der Waals surface area contributed by atoms with Crippen molar-refractivity contribution in [2.75, 3.05) is 6.61 Å². The molecule has 0 unspecified atom stereocenters. The molecule has 1 amide bonds. The van der Waals surface area contributed by atoms with Crippen LogP contribution in [0.3, 0.4) is 0 Å². The third-order valence-corrected chi connectivity index (χ3v) is 4.55. The van der Waals surface area contributed by atoms with E-state index in [0.29, 0.717) is 24.2 Å². The number of carbonyl (C=O) groups is 1. The molecule has 24 heavy (non-hydrogen) atoms. The molecule has 7 heteroatoms. The maximum atomic E-state index is 12.1. The Morgan fingerprint density at radius 1 is 1.38 bits per heavy atom. The maximum absolute atomic E-state index is 12.1. The molecule has 1 saturated carbocycles. The summed E-state index contributed by atoms with van der Waals surface area (Å²) in [6, 6.07) is 0. The zero-order valence-corrected chi connectivity index (χ0v) is 14.8. The fraction of sp³-hybridized carbons (Fsp3) is 0.824. The Bertz CT molecular complexity index is 569. The zero-order valence-electron chi connectivity index (χ0n) is 14.8. The van der Waals surface area contributed by atoms with E-state index in [4.69, 9.17) is 14.0 Å². The first-order valence-corrected chi connectivity index (χ1v) is 8.82. The summed E-state index contributed by atoms with van der Waals surface area (Å²) in [6.45, 7) is 6.38. The summed E-state index contributed by atoms with van der Waals surface area (Å²) in [5, 5.41) is 7.05. The Balaban J connectivity index is 1.59. The highest BCUT2D eigenvalue weighted by atomic mass is 16.6. The summed E-state index contributed by atoms with van der Waals surface area (Å²) in [5.41, 5.74) is -1.08. The minimum Gasteiger partial charge on any atom is -0.444 e. The fourth-order valence-electron chi connectivity index (χ4n) is 3.14. The van der Waals surface area contributed by atoms with Crippen LogP contribution in [-0.4, -0.2) is 34.5 Å². The lowest BCUT2D eigenvalue weighted by Gasteiger charge is -2.39. The molecule has 134 valence electrons. The molecule has 2 aliphatic rings. The van der Waals surface area contributed by atoms with Gasteiger partial charge in [0.25, 0.3) is 0 Å². The first-order chi connectivity index (χ1) is 11.4. The summed E-state index contributed by atoms with van der Waals surface area (Å²) in [4.78, 5) is 16.6. The molecule has 0 radical (unpaired) electrons. The van der Waals surface area contributed by atoms with E-state index in [1.807, 2.05) is 20.8 Å². The molecule has 2 heterocycles. The Morgan fingerprint density at radius 3 is 2.75 bits per heavy atom. The predicted molar refractivity (Wildman–Crippen MR) is 86.5 cm³/mol. The summed E-state index contributed by atoms with van der Waals surface area (Å²) in [5.74, 6) is 1.17. The van der Waals surface area contributed by atoms with Gasteiger partial charge in [0.05, 0.1) is 6.10 Å². The third kappa shape index (κ3) is 4.06. The second-order valence-electron chi connectivity index (χ2n) is 7.75. The minimum atomic E-state index is -0.548. The van der Waals surface area contributed by atoms with Crippen LogP contribution in [0.15, 0.2) is 4.52 Å². The number of nitrogens with one attached hydrogen (secondary N) is 1. The van der Waals surface area contributed by atoms with Crippen LogP contribution in [0.2, 0.25) is 0 Å². The van der Waals surface area contributed by atoms with E-state index in [2.05, 4.69) is 15.5 Å². The third-order valence-electron chi connectivity index (χ3n) is 4.55. The van der Waals surface area contributed by atoms with E-state index >= 15 is 0 Å². The van der Waals surface area contributed by atoms with Gasteiger partial charge in [0.15, 0.2) is 5.82 Å². The average molecular weight is 337 g/mol. The van der Waals surface area contributed by atoms with Crippen molar-refractivity contribution < 1.29 is 18.8 Å². The normalized spacial score (nSPS) is 22.9. The van der Waals surface area contributed by atoms with Gasteiger partial charge < -0.3 is 19.3 Å². The van der Waals surface area contributed by atoms with Crippen LogP contribution in [0.5, 0.6) is 0 Å². The van der Waals surface area contributed by atoms with Crippen molar-refractivity contribution >= 4 is 6.09 Å². The number of alkyl carbamates (subject to hydrolysis) is 1. The molecule has 1 atom stereocenters. The number of nitrogens with zero attached hydrogens (tertiary/aromatic N) is 2. The maximum Gasteiger partial charge on any atom is 0.408 e. The van der Waals surface area contributed by atoms with Crippen LogP contribution in [0.25, 0.3) is 0 Å². The van der Waals surface area contributed by atoms with E-state index < -0.39 is 17.2 Å². The lowest BCUT2D eigenvalue weighted by molar-refractivity contribution is 0.0362. The van der Waals surface area contributed by atoms with Gasteiger partial charge in [0.1, 0.15) is 11.1 Å². The van der Waals surface area contributed by atoms with Crippen LogP contribution in [0.1, 0.15) is 71.0 Å². The average Bonchev–Trinajstić information content (AvgIpc) is 3.10. The van der Waals surface area contributed by atoms with Crippen LogP contribution in [-0.2, 0) is 21.4 Å². The zero-order chi connectivity index (χ0) is 17.2. The van der Waals surface area contributed by atoms with Crippen molar-refractivity contribution in [3.8, 4) is 0 Å². The molecule has 1 saturated heterocycles. The molecular formula is C17H27N3O4. The summed E-state index contributed by atoms with van der Waals surface area (Å²) < 4.78 is 16.4. The fourth-order valence-corrected chi connectivity index (χ4v) is 3.14. The number of carbonyl (C=O) groups excluding carboxylic acids is 1. The minimum absolute atomic E-state index is 0.304. The Kier molecular flexibility index (Phi) is 4.80. The van der Waals surface area contributed by atoms with Crippen molar-refractivity contribution in [1.82, 2.24) is 15.5 Å². The van der Waals surface area contributed by atoms with Crippen molar-refractivity contribution in [3.05, 3.63) is 11.7 Å². The van der Waals surface area contributed by atoms with Crippen molar-refractivity contribution in [3.63, 3.8) is 0 Å². The highest BCUT2D eigenvalue weighted by Gasteiger charge is 2.45. The standard InChI is InChI=1S/C17H27N3O4/c1-16(2,3)23-15(21)19-17(9-5-10-17)14-18-13(24-20-14)8-7-12-6-4-11-22-12/h12H,4-11H2,1-3H3,(H,19,21)/t12-/m1/s1. The van der Waals surface area contributed by atoms with Gasteiger partial charge in [-0.15, -0.1) is 0 Å². The van der Waals surface area contributed by atoms with Gasteiger partial charge in [-0.2, -0.15) is 4.98 Å². The SMILES string of the molecule is CC(C)(C)OC(=O)NC1(c2noc(CC[C@H]3CCCO3)n2)CCC1. The molecule has 1 aromatic heterocycles. The van der Waals surface area contributed by atoms with Gasteiger partial charge in [-0.3, -0.25) is 0 Å². The molecular weight excluding hydrogens is 310 g/mol. The van der Waals surface area contributed by atoms with Gasteiger partial charge in [-0.1, -0.05) is 5.16 Å². The number of amides is 1. The lowest BCUT2D eigenvalue weighted by atomic mass is 9.76. The topological polar surface area (TPSA) is 86.5 Å². The summed E-state index contributed by atoms with van der Waals surface area (Å²) in [7, 11) is 0. The van der Waals surface area contributed by atoms with Crippen LogP contribution < -0.4 is 5.32 Å². The van der Waals surface area contributed by atoms with Gasteiger partial charge in [-0.25, -0.2) is 4.79 Å². The van der Waals surface area contributed by atoms with E-state index in [0.717, 1.165) is 45.1 Å². The highest BCUT2D eigenvalue weighted by Crippen LogP contribution is 2.40. The van der Waals surface area contributed by atoms with E-state index in [1.165, 1.54) is 0 Å². The predicted octanol–water partition coefficient (Wildman–Crippen LogP) is 3.09. The first kappa shape index (κ1) is 17.2. The summed E-state index contributed by atoms with van der Waals surface area (Å²) >= 11 is 0. The van der Waals surface area contributed by atoms with Crippen molar-refractivity contribution in [2.24, 2.45) is 0 Å².